The number of benzene rings is 1. The van der Waals surface area contributed by atoms with E-state index in [-0.39, 0.29) is 12.3 Å². The zero-order valence-corrected chi connectivity index (χ0v) is 9.03. The Hall–Kier alpha value is -2.24. The van der Waals surface area contributed by atoms with Gasteiger partial charge in [-0.2, -0.15) is 10.5 Å². The molecule has 4 nitrogen and oxygen atoms in total. The molecule has 0 aliphatic carbocycles. The van der Waals surface area contributed by atoms with Crippen LogP contribution in [0.25, 0.3) is 10.2 Å². The van der Waals surface area contributed by atoms with Crippen LogP contribution in [0, 0.1) is 22.7 Å². The van der Waals surface area contributed by atoms with Crippen molar-refractivity contribution >= 4 is 27.3 Å². The van der Waals surface area contributed by atoms with Crippen LogP contribution in [0.15, 0.2) is 29.3 Å². The summed E-state index contributed by atoms with van der Waals surface area (Å²) in [5, 5.41) is 17.9. The van der Waals surface area contributed by atoms with Crippen molar-refractivity contribution in [1.29, 1.82) is 10.5 Å². The molecule has 2 rings (SSSR count). The van der Waals surface area contributed by atoms with Crippen molar-refractivity contribution in [3.63, 3.8) is 0 Å². The SMILES string of the molecule is N#CC(C#N)=NCc1nc2ccccc2s1. The first-order chi connectivity index (χ1) is 7.83. The van der Waals surface area contributed by atoms with Crippen LogP contribution in [-0.2, 0) is 6.54 Å². The second-order valence-electron chi connectivity index (χ2n) is 2.96. The number of thiazole rings is 1. The third kappa shape index (κ3) is 2.05. The van der Waals surface area contributed by atoms with Crippen molar-refractivity contribution in [2.45, 2.75) is 6.54 Å². The molecule has 1 aromatic heterocycles. The van der Waals surface area contributed by atoms with Crippen molar-refractivity contribution in [2.75, 3.05) is 0 Å². The maximum absolute atomic E-state index is 8.52. The first-order valence-corrected chi connectivity index (χ1v) is 5.34. The van der Waals surface area contributed by atoms with Gasteiger partial charge in [0.15, 0.2) is 0 Å². The maximum Gasteiger partial charge on any atom is 0.213 e. The molecule has 1 heterocycles. The zero-order chi connectivity index (χ0) is 11.4. The van der Waals surface area contributed by atoms with E-state index < -0.39 is 0 Å². The molecule has 0 atom stereocenters. The first-order valence-electron chi connectivity index (χ1n) is 4.52. The van der Waals surface area contributed by atoms with Gasteiger partial charge in [-0.15, -0.1) is 11.3 Å². The predicted molar refractivity (Wildman–Crippen MR) is 62.0 cm³/mol. The van der Waals surface area contributed by atoms with Gasteiger partial charge >= 0.3 is 0 Å². The van der Waals surface area contributed by atoms with E-state index >= 15 is 0 Å². The van der Waals surface area contributed by atoms with Gasteiger partial charge in [0, 0.05) is 0 Å². The summed E-state index contributed by atoms with van der Waals surface area (Å²) in [6.07, 6.45) is 0. The third-order valence-corrected chi connectivity index (χ3v) is 2.94. The lowest BCUT2D eigenvalue weighted by atomic mass is 10.3. The minimum absolute atomic E-state index is 0.112. The van der Waals surface area contributed by atoms with Gasteiger partial charge in [0.25, 0.3) is 0 Å². The van der Waals surface area contributed by atoms with Crippen LogP contribution < -0.4 is 0 Å². The van der Waals surface area contributed by atoms with Crippen LogP contribution in [0.4, 0.5) is 0 Å². The molecule has 0 aliphatic rings. The number of nitrogens with zero attached hydrogens (tertiary/aromatic N) is 4. The van der Waals surface area contributed by atoms with Gasteiger partial charge in [0.05, 0.1) is 16.8 Å². The van der Waals surface area contributed by atoms with Gasteiger partial charge < -0.3 is 0 Å². The van der Waals surface area contributed by atoms with Crippen LogP contribution >= 0.6 is 11.3 Å². The lowest BCUT2D eigenvalue weighted by Gasteiger charge is -1.85. The Bertz CT molecular complexity index is 578. The summed E-state index contributed by atoms with van der Waals surface area (Å²) in [5.74, 6) is 0. The fraction of sp³-hybridized carbons (Fsp3) is 0.0909. The average Bonchev–Trinajstić information content (AvgIpc) is 2.73. The molecule has 76 valence electrons. The fourth-order valence-electron chi connectivity index (χ4n) is 1.23. The van der Waals surface area contributed by atoms with Crippen LogP contribution in [-0.4, -0.2) is 10.7 Å². The highest BCUT2D eigenvalue weighted by molar-refractivity contribution is 7.18. The van der Waals surface area contributed by atoms with Crippen molar-refractivity contribution in [2.24, 2.45) is 4.99 Å². The van der Waals surface area contributed by atoms with E-state index in [2.05, 4.69) is 9.98 Å². The molecule has 2 aromatic rings. The zero-order valence-electron chi connectivity index (χ0n) is 8.21. The molecule has 0 unspecified atom stereocenters. The van der Waals surface area contributed by atoms with Gasteiger partial charge in [-0.25, -0.2) is 4.98 Å². The molecule has 0 N–H and O–H groups in total. The molecule has 0 fully saturated rings. The number of hydrogen-bond donors (Lipinski definition) is 0. The van der Waals surface area contributed by atoms with Crippen molar-refractivity contribution in [3.05, 3.63) is 29.3 Å². The number of hydrogen-bond acceptors (Lipinski definition) is 5. The standard InChI is InChI=1S/C11H6N4S/c12-5-8(6-13)14-7-11-15-9-3-1-2-4-10(9)16-11/h1-4H,7H2. The van der Waals surface area contributed by atoms with Crippen LogP contribution in [0.5, 0.6) is 0 Å². The summed E-state index contributed by atoms with van der Waals surface area (Å²) in [6, 6.07) is 11.2. The van der Waals surface area contributed by atoms with Gasteiger partial charge in [0.2, 0.25) is 5.71 Å². The van der Waals surface area contributed by atoms with Gasteiger partial charge in [-0.05, 0) is 12.1 Å². The van der Waals surface area contributed by atoms with E-state index in [9.17, 15) is 0 Å². The number of aromatic nitrogens is 1. The monoisotopic (exact) mass is 226 g/mol. The minimum Gasteiger partial charge on any atom is -0.257 e. The molecule has 5 heteroatoms. The average molecular weight is 226 g/mol. The Morgan fingerprint density at radius 3 is 2.75 bits per heavy atom. The first kappa shape index (κ1) is 10.3. The van der Waals surface area contributed by atoms with Crippen LogP contribution in [0.2, 0.25) is 0 Å². The van der Waals surface area contributed by atoms with Crippen molar-refractivity contribution in [1.82, 2.24) is 4.98 Å². The highest BCUT2D eigenvalue weighted by Crippen LogP contribution is 2.21. The Labute approximate surface area is 96.1 Å². The fourth-order valence-corrected chi connectivity index (χ4v) is 2.12. The highest BCUT2D eigenvalue weighted by atomic mass is 32.1. The number of para-hydroxylation sites is 1. The Balaban J connectivity index is 2.27. The van der Waals surface area contributed by atoms with Gasteiger partial charge in [0.1, 0.15) is 17.1 Å². The van der Waals surface area contributed by atoms with E-state index in [0.29, 0.717) is 0 Å². The number of rotatable bonds is 2. The quantitative estimate of drug-likeness (QED) is 0.737. The van der Waals surface area contributed by atoms with E-state index in [4.69, 9.17) is 10.5 Å². The molecule has 0 saturated carbocycles. The molecule has 0 spiro atoms. The summed E-state index contributed by atoms with van der Waals surface area (Å²) in [5.41, 5.74) is 0.812. The van der Waals surface area contributed by atoms with E-state index in [1.807, 2.05) is 24.3 Å². The number of fused-ring (bicyclic) bond motifs is 1. The Kier molecular flexibility index (Phi) is 2.90. The lowest BCUT2D eigenvalue weighted by Crippen LogP contribution is -1.89. The summed E-state index contributed by atoms with van der Waals surface area (Å²) in [6.45, 7) is 0.287. The molecule has 1 aromatic carbocycles. The lowest BCUT2D eigenvalue weighted by molar-refractivity contribution is 1.05. The molecule has 0 saturated heterocycles. The topological polar surface area (TPSA) is 72.8 Å². The van der Waals surface area contributed by atoms with E-state index in [1.165, 1.54) is 11.3 Å². The summed E-state index contributed by atoms with van der Waals surface area (Å²) < 4.78 is 1.09. The largest absolute Gasteiger partial charge is 0.257 e. The molecule has 0 amide bonds. The predicted octanol–water partition coefficient (Wildman–Crippen LogP) is 2.28. The third-order valence-electron chi connectivity index (χ3n) is 1.92. The minimum atomic E-state index is -0.112. The summed E-state index contributed by atoms with van der Waals surface area (Å²) in [4.78, 5) is 8.21. The number of aliphatic imine (C=N–C) groups is 1. The molecule has 16 heavy (non-hydrogen) atoms. The summed E-state index contributed by atoms with van der Waals surface area (Å²) in [7, 11) is 0. The number of nitriles is 2. The smallest absolute Gasteiger partial charge is 0.213 e. The second-order valence-corrected chi connectivity index (χ2v) is 4.08. The normalized spacial score (nSPS) is 9.38. The van der Waals surface area contributed by atoms with Crippen LogP contribution in [0.3, 0.4) is 0 Å². The highest BCUT2D eigenvalue weighted by Gasteiger charge is 2.02. The molecular weight excluding hydrogens is 220 g/mol. The molecular formula is C11H6N4S. The van der Waals surface area contributed by atoms with E-state index in [1.54, 1.807) is 12.1 Å². The molecule has 0 bridgehead atoms. The van der Waals surface area contributed by atoms with Gasteiger partial charge in [-0.1, -0.05) is 12.1 Å². The van der Waals surface area contributed by atoms with E-state index in [0.717, 1.165) is 15.2 Å². The maximum atomic E-state index is 8.52. The van der Waals surface area contributed by atoms with Crippen LogP contribution in [0.1, 0.15) is 5.01 Å². The molecule has 0 radical (unpaired) electrons. The summed E-state index contributed by atoms with van der Waals surface area (Å²) >= 11 is 1.52. The van der Waals surface area contributed by atoms with Gasteiger partial charge in [-0.3, -0.25) is 4.99 Å². The second kappa shape index (κ2) is 4.52. The Morgan fingerprint density at radius 1 is 1.31 bits per heavy atom. The van der Waals surface area contributed by atoms with Crippen molar-refractivity contribution < 1.29 is 0 Å². The molecule has 0 aliphatic heterocycles. The van der Waals surface area contributed by atoms with Crippen molar-refractivity contribution in [3.8, 4) is 12.1 Å². The Morgan fingerprint density at radius 2 is 2.06 bits per heavy atom.